The van der Waals surface area contributed by atoms with Crippen LogP contribution in [0, 0.1) is 0 Å². The molecule has 0 amide bonds. The Labute approximate surface area is 72.4 Å². The Hall–Kier alpha value is -1.31. The highest BCUT2D eigenvalue weighted by atomic mass is 14.9. The number of fused-ring (bicyclic) bond motifs is 1. The number of hydrogen-bond donors (Lipinski definition) is 1. The summed E-state index contributed by atoms with van der Waals surface area (Å²) in [4.78, 5) is 4.46. The molecule has 0 spiro atoms. The lowest BCUT2D eigenvalue weighted by Crippen LogP contribution is -2.17. The maximum atomic E-state index is 4.46. The van der Waals surface area contributed by atoms with Crippen LogP contribution >= 0.6 is 0 Å². The lowest BCUT2D eigenvalue weighted by atomic mass is 10.2. The zero-order chi connectivity index (χ0) is 8.23. The minimum atomic E-state index is 0.935. The molecule has 0 radical (unpaired) electrons. The fourth-order valence-electron chi connectivity index (χ4n) is 1.33. The molecule has 12 heavy (non-hydrogen) atoms. The molecule has 1 N–H and O–H groups in total. The Balaban J connectivity index is 2.32. The largest absolute Gasteiger partial charge is 0.383 e. The zero-order valence-corrected chi connectivity index (χ0v) is 6.96. The Morgan fingerprint density at radius 3 is 3.25 bits per heavy atom. The first kappa shape index (κ1) is 7.35. The van der Waals surface area contributed by atoms with E-state index in [9.17, 15) is 0 Å². The first-order valence-corrected chi connectivity index (χ1v) is 4.30. The van der Waals surface area contributed by atoms with Gasteiger partial charge in [-0.1, -0.05) is 18.2 Å². The summed E-state index contributed by atoms with van der Waals surface area (Å²) in [5.74, 6) is 0. The van der Waals surface area contributed by atoms with Crippen LogP contribution in [0.15, 0.2) is 41.1 Å². The zero-order valence-electron chi connectivity index (χ0n) is 6.96. The van der Waals surface area contributed by atoms with Crippen molar-refractivity contribution in [3.8, 4) is 0 Å². The topological polar surface area (TPSA) is 24.4 Å². The van der Waals surface area contributed by atoms with Gasteiger partial charge in [0.1, 0.15) is 0 Å². The van der Waals surface area contributed by atoms with Crippen LogP contribution in [0.4, 0.5) is 0 Å². The summed E-state index contributed by atoms with van der Waals surface area (Å²) >= 11 is 0. The summed E-state index contributed by atoms with van der Waals surface area (Å²) in [5, 5.41) is 3.35. The fourth-order valence-corrected chi connectivity index (χ4v) is 1.33. The molecule has 1 heterocycles. The van der Waals surface area contributed by atoms with Crippen molar-refractivity contribution in [3.05, 3.63) is 36.1 Å². The first-order valence-electron chi connectivity index (χ1n) is 4.30. The van der Waals surface area contributed by atoms with E-state index in [1.165, 1.54) is 0 Å². The summed E-state index contributed by atoms with van der Waals surface area (Å²) in [5.41, 5.74) is 2.23. The number of nitrogens with zero attached hydrogens (tertiary/aromatic N) is 1. The molecule has 0 aromatic rings. The van der Waals surface area contributed by atoms with E-state index in [4.69, 9.17) is 0 Å². The highest BCUT2D eigenvalue weighted by Gasteiger charge is 2.06. The van der Waals surface area contributed by atoms with Gasteiger partial charge >= 0.3 is 0 Å². The van der Waals surface area contributed by atoms with Crippen LogP contribution in [0.2, 0.25) is 0 Å². The quantitative estimate of drug-likeness (QED) is 0.569. The summed E-state index contributed by atoms with van der Waals surface area (Å²) in [7, 11) is 0. The second-order valence-corrected chi connectivity index (χ2v) is 2.87. The van der Waals surface area contributed by atoms with Crippen LogP contribution < -0.4 is 5.32 Å². The van der Waals surface area contributed by atoms with Gasteiger partial charge in [-0.3, -0.25) is 4.99 Å². The van der Waals surface area contributed by atoms with Crippen molar-refractivity contribution in [2.24, 2.45) is 4.99 Å². The Morgan fingerprint density at radius 1 is 1.25 bits per heavy atom. The average molecular weight is 160 g/mol. The Morgan fingerprint density at radius 2 is 2.25 bits per heavy atom. The van der Waals surface area contributed by atoms with Gasteiger partial charge in [-0.15, -0.1) is 0 Å². The predicted octanol–water partition coefficient (Wildman–Crippen LogP) is 1.43. The minimum absolute atomic E-state index is 0.935. The van der Waals surface area contributed by atoms with E-state index in [-0.39, 0.29) is 0 Å². The second kappa shape index (κ2) is 3.39. The monoisotopic (exact) mass is 160 g/mol. The normalized spacial score (nSPS) is 21.3. The fraction of sp³-hybridized carbons (Fsp3) is 0.300. The smallest absolute Gasteiger partial charge is 0.0805 e. The molecular weight excluding hydrogens is 148 g/mol. The van der Waals surface area contributed by atoms with Crippen molar-refractivity contribution in [1.82, 2.24) is 5.32 Å². The van der Waals surface area contributed by atoms with Crippen LogP contribution in [-0.4, -0.2) is 18.8 Å². The molecule has 1 aliphatic heterocycles. The summed E-state index contributed by atoms with van der Waals surface area (Å²) in [6, 6.07) is 0. The third kappa shape index (κ3) is 1.47. The molecule has 2 rings (SSSR count). The summed E-state index contributed by atoms with van der Waals surface area (Å²) < 4.78 is 0. The molecule has 0 bridgehead atoms. The third-order valence-corrected chi connectivity index (χ3v) is 1.95. The highest BCUT2D eigenvalue weighted by Crippen LogP contribution is 2.05. The number of aliphatic imine (C=N–C) groups is 1. The van der Waals surface area contributed by atoms with Crippen molar-refractivity contribution >= 4 is 5.71 Å². The molecule has 1 aliphatic carbocycles. The van der Waals surface area contributed by atoms with Crippen LogP contribution in [0.3, 0.4) is 0 Å². The Bertz CT molecular complexity index is 282. The molecule has 0 aromatic heterocycles. The molecule has 2 aliphatic rings. The highest BCUT2D eigenvalue weighted by molar-refractivity contribution is 6.08. The molecule has 0 saturated heterocycles. The molecule has 0 atom stereocenters. The number of hydrogen-bond acceptors (Lipinski definition) is 2. The minimum Gasteiger partial charge on any atom is -0.383 e. The average Bonchev–Trinajstić information content (AvgIpc) is 2.38. The standard InChI is InChI=1S/C10H12N2/c1-2-5-9-10(6-3-1)12-8-4-7-11-9/h1-3,5-6,11H,4,7-8H2. The number of nitrogens with one attached hydrogen (secondary N) is 1. The lowest BCUT2D eigenvalue weighted by molar-refractivity contribution is 0.770. The van der Waals surface area contributed by atoms with E-state index in [2.05, 4.69) is 16.4 Å². The third-order valence-electron chi connectivity index (χ3n) is 1.95. The SMILES string of the molecule is C1=CC=C2NCCCN=C2C=C1. The first-order chi connectivity index (χ1) is 5.97. The van der Waals surface area contributed by atoms with Gasteiger partial charge < -0.3 is 5.32 Å². The molecule has 0 fully saturated rings. The molecule has 0 aromatic carbocycles. The van der Waals surface area contributed by atoms with Crippen molar-refractivity contribution in [2.75, 3.05) is 13.1 Å². The van der Waals surface area contributed by atoms with Gasteiger partial charge in [-0.25, -0.2) is 0 Å². The van der Waals surface area contributed by atoms with Crippen molar-refractivity contribution in [2.45, 2.75) is 6.42 Å². The predicted molar refractivity (Wildman–Crippen MR) is 51.3 cm³/mol. The van der Waals surface area contributed by atoms with Gasteiger partial charge in [-0.2, -0.15) is 0 Å². The van der Waals surface area contributed by atoms with E-state index in [0.717, 1.165) is 30.9 Å². The van der Waals surface area contributed by atoms with Gasteiger partial charge in [0.2, 0.25) is 0 Å². The van der Waals surface area contributed by atoms with Crippen molar-refractivity contribution in [1.29, 1.82) is 0 Å². The van der Waals surface area contributed by atoms with Crippen LogP contribution in [-0.2, 0) is 0 Å². The number of rotatable bonds is 0. The maximum Gasteiger partial charge on any atom is 0.0805 e. The van der Waals surface area contributed by atoms with Crippen molar-refractivity contribution in [3.63, 3.8) is 0 Å². The summed E-state index contributed by atoms with van der Waals surface area (Å²) in [6.07, 6.45) is 11.3. The number of allylic oxidation sites excluding steroid dienone is 5. The Kier molecular flexibility index (Phi) is 2.08. The van der Waals surface area contributed by atoms with E-state index in [0.29, 0.717) is 0 Å². The summed E-state index contributed by atoms with van der Waals surface area (Å²) in [6.45, 7) is 1.96. The van der Waals surface area contributed by atoms with Gasteiger partial charge in [0.15, 0.2) is 0 Å². The lowest BCUT2D eigenvalue weighted by Gasteiger charge is -2.04. The second-order valence-electron chi connectivity index (χ2n) is 2.87. The van der Waals surface area contributed by atoms with E-state index >= 15 is 0 Å². The molecule has 62 valence electrons. The van der Waals surface area contributed by atoms with Crippen LogP contribution in [0.25, 0.3) is 0 Å². The molecule has 0 unspecified atom stereocenters. The van der Waals surface area contributed by atoms with Gasteiger partial charge in [0, 0.05) is 13.1 Å². The van der Waals surface area contributed by atoms with Crippen molar-refractivity contribution < 1.29 is 0 Å². The molecular formula is C10H12N2. The van der Waals surface area contributed by atoms with E-state index in [1.54, 1.807) is 0 Å². The van der Waals surface area contributed by atoms with Gasteiger partial charge in [0.05, 0.1) is 11.4 Å². The van der Waals surface area contributed by atoms with E-state index < -0.39 is 0 Å². The molecule has 2 nitrogen and oxygen atoms in total. The van der Waals surface area contributed by atoms with Gasteiger partial charge in [0.25, 0.3) is 0 Å². The maximum absolute atomic E-state index is 4.46. The molecule has 2 heteroatoms. The van der Waals surface area contributed by atoms with Gasteiger partial charge in [-0.05, 0) is 18.6 Å². The van der Waals surface area contributed by atoms with E-state index in [1.807, 2.05) is 24.3 Å². The molecule has 0 saturated carbocycles. The van der Waals surface area contributed by atoms with Crippen LogP contribution in [0.1, 0.15) is 6.42 Å². The van der Waals surface area contributed by atoms with Crippen LogP contribution in [0.5, 0.6) is 0 Å².